The first-order chi connectivity index (χ1) is 12.1. The molecule has 0 fully saturated rings. The van der Waals surface area contributed by atoms with Crippen molar-refractivity contribution in [1.29, 1.82) is 0 Å². The lowest BCUT2D eigenvalue weighted by molar-refractivity contribution is -0.203. The Morgan fingerprint density at radius 1 is 1.23 bits per heavy atom. The minimum absolute atomic E-state index is 0.0281. The topological polar surface area (TPSA) is 80.3 Å². The summed E-state index contributed by atoms with van der Waals surface area (Å²) in [7, 11) is 0.802. The van der Waals surface area contributed by atoms with E-state index < -0.39 is 23.7 Å². The van der Waals surface area contributed by atoms with Crippen molar-refractivity contribution in [3.8, 4) is 0 Å². The molecule has 26 heavy (non-hydrogen) atoms. The number of carbonyl (C=O) groups excluding carboxylic acids is 2. The summed E-state index contributed by atoms with van der Waals surface area (Å²) in [5.41, 5.74) is -2.37. The number of nitrogens with one attached hydrogen (secondary N) is 2. The third-order valence-electron chi connectivity index (χ3n) is 3.41. The number of carbonyl (C=O) groups is 2. The monoisotopic (exact) mass is 387 g/mol. The number of benzene rings is 1. The summed E-state index contributed by atoms with van der Waals surface area (Å²) >= 11 is 0.864. The molecular formula is C16H16F3N3O3S. The number of rotatable bonds is 5. The molecular weight excluding hydrogens is 371 g/mol. The molecule has 1 unspecified atom stereocenters. The highest BCUT2D eigenvalue weighted by molar-refractivity contribution is 7.13. The Balaban J connectivity index is 2.47. The summed E-state index contributed by atoms with van der Waals surface area (Å²) in [6, 6.07) is 5.95. The van der Waals surface area contributed by atoms with Gasteiger partial charge in [-0.3, -0.25) is 4.79 Å². The van der Waals surface area contributed by atoms with Gasteiger partial charge in [0.25, 0.3) is 5.91 Å². The van der Waals surface area contributed by atoms with Crippen LogP contribution in [0.3, 0.4) is 0 Å². The Labute approximate surface area is 151 Å². The molecule has 1 heterocycles. The van der Waals surface area contributed by atoms with Crippen molar-refractivity contribution in [2.45, 2.75) is 25.7 Å². The zero-order valence-electron chi connectivity index (χ0n) is 14.1. The number of ether oxygens (including phenoxy) is 1. The number of aryl methyl sites for hydroxylation is 2. The summed E-state index contributed by atoms with van der Waals surface area (Å²) < 4.78 is 45.9. The van der Waals surface area contributed by atoms with E-state index in [9.17, 15) is 22.8 Å². The van der Waals surface area contributed by atoms with Crippen LogP contribution < -0.4 is 10.6 Å². The average molecular weight is 387 g/mol. The number of halogens is 3. The third-order valence-corrected chi connectivity index (χ3v) is 4.29. The number of thiazole rings is 1. The van der Waals surface area contributed by atoms with Crippen LogP contribution >= 0.6 is 11.3 Å². The largest absolute Gasteiger partial charge is 0.466 e. The van der Waals surface area contributed by atoms with E-state index in [1.165, 1.54) is 23.6 Å². The van der Waals surface area contributed by atoms with Crippen LogP contribution in [-0.4, -0.2) is 35.8 Å². The molecule has 0 spiro atoms. The highest BCUT2D eigenvalue weighted by atomic mass is 32.1. The van der Waals surface area contributed by atoms with Crippen LogP contribution in [0.15, 0.2) is 29.6 Å². The number of nitrogens with zero attached hydrogens (tertiary/aromatic N) is 1. The van der Waals surface area contributed by atoms with Crippen molar-refractivity contribution in [1.82, 2.24) is 10.3 Å². The Morgan fingerprint density at radius 2 is 1.92 bits per heavy atom. The van der Waals surface area contributed by atoms with Gasteiger partial charge in [0.2, 0.25) is 0 Å². The number of anilines is 1. The SMILES string of the molecule is COC(=O)C(NC(=O)c1cccc(C)c1)(Nc1nc(C)cs1)C(F)(F)F. The molecule has 1 aromatic heterocycles. The molecule has 0 saturated carbocycles. The van der Waals surface area contributed by atoms with E-state index in [1.807, 2.05) is 5.32 Å². The molecule has 1 aromatic carbocycles. The minimum atomic E-state index is -5.20. The Kier molecular flexibility index (Phi) is 5.55. The van der Waals surface area contributed by atoms with Crippen molar-refractivity contribution < 1.29 is 27.5 Å². The fourth-order valence-corrected chi connectivity index (χ4v) is 2.89. The molecule has 0 aliphatic heterocycles. The van der Waals surface area contributed by atoms with Gasteiger partial charge >= 0.3 is 17.8 Å². The van der Waals surface area contributed by atoms with Crippen LogP contribution in [-0.2, 0) is 9.53 Å². The standard InChI is InChI=1S/C16H16F3N3O3S/c1-9-5-4-6-11(7-9)12(23)21-15(13(24)25-3,16(17,18)19)22-14-20-10(2)8-26-14/h4-8H,1-3H3,(H,20,22)(H,21,23). The lowest BCUT2D eigenvalue weighted by Gasteiger charge is -2.34. The molecule has 10 heteroatoms. The number of hydrogen-bond acceptors (Lipinski definition) is 6. The summed E-state index contributed by atoms with van der Waals surface area (Å²) in [4.78, 5) is 28.4. The minimum Gasteiger partial charge on any atom is -0.466 e. The Bertz CT molecular complexity index is 822. The van der Waals surface area contributed by atoms with Gasteiger partial charge < -0.3 is 15.4 Å². The third kappa shape index (κ3) is 3.96. The number of esters is 1. The van der Waals surface area contributed by atoms with Gasteiger partial charge in [0.05, 0.1) is 12.8 Å². The van der Waals surface area contributed by atoms with Crippen molar-refractivity contribution >= 4 is 28.3 Å². The second-order valence-corrected chi connectivity index (χ2v) is 6.34. The maximum absolute atomic E-state index is 13.9. The van der Waals surface area contributed by atoms with Crippen LogP contribution in [0.5, 0.6) is 0 Å². The predicted molar refractivity (Wildman–Crippen MR) is 89.9 cm³/mol. The van der Waals surface area contributed by atoms with E-state index >= 15 is 0 Å². The first-order valence-electron chi connectivity index (χ1n) is 7.33. The van der Waals surface area contributed by atoms with E-state index in [0.717, 1.165) is 18.4 Å². The molecule has 6 nitrogen and oxygen atoms in total. The molecule has 2 rings (SSSR count). The van der Waals surface area contributed by atoms with Crippen LogP contribution in [0.25, 0.3) is 0 Å². The van der Waals surface area contributed by atoms with E-state index in [0.29, 0.717) is 11.3 Å². The zero-order valence-corrected chi connectivity index (χ0v) is 14.9. The smallest absolute Gasteiger partial charge is 0.442 e. The molecule has 0 aliphatic carbocycles. The first kappa shape index (κ1) is 19.7. The predicted octanol–water partition coefficient (Wildman–Crippen LogP) is 3.03. The zero-order chi connectivity index (χ0) is 19.5. The van der Waals surface area contributed by atoms with E-state index in [-0.39, 0.29) is 10.7 Å². The van der Waals surface area contributed by atoms with Crippen molar-refractivity contribution in [2.24, 2.45) is 0 Å². The van der Waals surface area contributed by atoms with Gasteiger partial charge in [0.15, 0.2) is 5.13 Å². The Morgan fingerprint density at radius 3 is 2.42 bits per heavy atom. The van der Waals surface area contributed by atoms with Gasteiger partial charge in [-0.15, -0.1) is 11.3 Å². The van der Waals surface area contributed by atoms with Gasteiger partial charge in [-0.25, -0.2) is 9.78 Å². The van der Waals surface area contributed by atoms with Crippen LogP contribution in [0.1, 0.15) is 21.6 Å². The van der Waals surface area contributed by atoms with Crippen LogP contribution in [0.4, 0.5) is 18.3 Å². The summed E-state index contributed by atoms with van der Waals surface area (Å²) in [6.07, 6.45) is -5.20. The van der Waals surface area contributed by atoms with E-state index in [2.05, 4.69) is 9.72 Å². The normalized spacial score (nSPS) is 13.6. The molecule has 2 N–H and O–H groups in total. The fourth-order valence-electron chi connectivity index (χ4n) is 2.14. The van der Waals surface area contributed by atoms with Gasteiger partial charge in [-0.1, -0.05) is 17.7 Å². The van der Waals surface area contributed by atoms with Crippen LogP contribution in [0.2, 0.25) is 0 Å². The summed E-state index contributed by atoms with van der Waals surface area (Å²) in [5.74, 6) is -2.80. The number of amides is 1. The lowest BCUT2D eigenvalue weighted by Crippen LogP contribution is -2.69. The fraction of sp³-hybridized carbons (Fsp3) is 0.312. The molecule has 0 aliphatic rings. The summed E-state index contributed by atoms with van der Waals surface area (Å²) in [5, 5.41) is 5.05. The quantitative estimate of drug-likeness (QED) is 0.609. The second-order valence-electron chi connectivity index (χ2n) is 5.48. The molecule has 0 bridgehead atoms. The van der Waals surface area contributed by atoms with Crippen molar-refractivity contribution in [3.05, 3.63) is 46.5 Å². The average Bonchev–Trinajstić information content (AvgIpc) is 2.97. The van der Waals surface area contributed by atoms with Crippen molar-refractivity contribution in [2.75, 3.05) is 12.4 Å². The number of alkyl halides is 3. The lowest BCUT2D eigenvalue weighted by atomic mass is 10.1. The number of hydrogen-bond donors (Lipinski definition) is 2. The van der Waals surface area contributed by atoms with Gasteiger partial charge in [-0.2, -0.15) is 13.2 Å². The van der Waals surface area contributed by atoms with Gasteiger partial charge in [0.1, 0.15) is 0 Å². The summed E-state index contributed by atoms with van der Waals surface area (Å²) in [6.45, 7) is 3.27. The van der Waals surface area contributed by atoms with E-state index in [1.54, 1.807) is 25.2 Å². The highest BCUT2D eigenvalue weighted by Gasteiger charge is 2.64. The Hall–Kier alpha value is -2.62. The maximum Gasteiger partial charge on any atom is 0.442 e. The number of aromatic nitrogens is 1. The molecule has 1 atom stereocenters. The molecule has 140 valence electrons. The molecule has 1 amide bonds. The van der Waals surface area contributed by atoms with Gasteiger partial charge in [0, 0.05) is 10.9 Å². The maximum atomic E-state index is 13.9. The van der Waals surface area contributed by atoms with Crippen LogP contribution in [0, 0.1) is 13.8 Å². The first-order valence-corrected chi connectivity index (χ1v) is 8.21. The van der Waals surface area contributed by atoms with Crippen molar-refractivity contribution in [3.63, 3.8) is 0 Å². The molecule has 0 saturated heterocycles. The highest BCUT2D eigenvalue weighted by Crippen LogP contribution is 2.34. The second kappa shape index (κ2) is 7.32. The number of methoxy groups -OCH3 is 1. The van der Waals surface area contributed by atoms with E-state index in [4.69, 9.17) is 0 Å². The van der Waals surface area contributed by atoms with Gasteiger partial charge in [-0.05, 0) is 26.0 Å². The molecule has 0 radical (unpaired) electrons. The molecule has 2 aromatic rings.